The van der Waals surface area contributed by atoms with E-state index in [0.29, 0.717) is 12.3 Å². The summed E-state index contributed by atoms with van der Waals surface area (Å²) in [6, 6.07) is 5.86. The minimum atomic E-state index is -1.14. The zero-order valence-electron chi connectivity index (χ0n) is 15.2. The highest BCUT2D eigenvalue weighted by Crippen LogP contribution is 2.30. The molecule has 144 valence electrons. The number of hydrogen-bond acceptors (Lipinski definition) is 7. The Bertz CT molecular complexity index is 745. The topological polar surface area (TPSA) is 103 Å². The van der Waals surface area contributed by atoms with Crippen LogP contribution in [0.25, 0.3) is 0 Å². The van der Waals surface area contributed by atoms with E-state index in [1.165, 1.54) is 13.3 Å². The fourth-order valence-electron chi connectivity index (χ4n) is 3.08. The second-order valence-corrected chi connectivity index (χ2v) is 6.26. The molecule has 0 aromatic heterocycles. The predicted octanol–water partition coefficient (Wildman–Crippen LogP) is -0.130. The fraction of sp³-hybridized carbons (Fsp3) is 0.444. The molecule has 9 nitrogen and oxygen atoms in total. The number of nitrogens with zero attached hydrogens (tertiary/aromatic N) is 3. The average Bonchev–Trinajstić information content (AvgIpc) is 2.68. The van der Waals surface area contributed by atoms with Gasteiger partial charge in [0.15, 0.2) is 5.92 Å². The molecule has 2 N–H and O–H groups in total. The van der Waals surface area contributed by atoms with Crippen LogP contribution in [0.5, 0.6) is 5.75 Å². The number of aliphatic imine (C=N–C) groups is 1. The number of imide groups is 2. The second-order valence-electron chi connectivity index (χ2n) is 6.26. The number of amides is 4. The summed E-state index contributed by atoms with van der Waals surface area (Å²) in [5, 5.41) is 5.49. The Morgan fingerprint density at radius 1 is 1.22 bits per heavy atom. The molecule has 4 amide bonds. The van der Waals surface area contributed by atoms with Crippen LogP contribution in [0.4, 0.5) is 10.5 Å². The van der Waals surface area contributed by atoms with Gasteiger partial charge in [-0.1, -0.05) is 12.1 Å². The lowest BCUT2D eigenvalue weighted by Gasteiger charge is -2.29. The molecule has 0 spiro atoms. The molecule has 1 aromatic rings. The van der Waals surface area contributed by atoms with Crippen molar-refractivity contribution in [2.45, 2.75) is 0 Å². The highest BCUT2D eigenvalue weighted by atomic mass is 16.5. The molecule has 0 radical (unpaired) electrons. The van der Waals surface area contributed by atoms with Gasteiger partial charge in [0.1, 0.15) is 5.75 Å². The molecule has 0 saturated carbocycles. The monoisotopic (exact) mass is 373 g/mol. The molecule has 9 heteroatoms. The number of rotatable bonds is 6. The summed E-state index contributed by atoms with van der Waals surface area (Å²) in [7, 11) is 1.45. The summed E-state index contributed by atoms with van der Waals surface area (Å²) in [5.41, 5.74) is 0.286. The molecule has 2 heterocycles. The van der Waals surface area contributed by atoms with Crippen molar-refractivity contribution >= 4 is 29.7 Å². The van der Waals surface area contributed by atoms with Crippen LogP contribution in [0.3, 0.4) is 0 Å². The Labute approximate surface area is 157 Å². The lowest BCUT2D eigenvalue weighted by atomic mass is 10.1. The van der Waals surface area contributed by atoms with E-state index in [2.05, 4.69) is 20.5 Å². The van der Waals surface area contributed by atoms with Crippen molar-refractivity contribution in [2.75, 3.05) is 51.3 Å². The summed E-state index contributed by atoms with van der Waals surface area (Å²) in [4.78, 5) is 44.6. The summed E-state index contributed by atoms with van der Waals surface area (Å²) in [6.07, 6.45) is 1.33. The summed E-state index contributed by atoms with van der Waals surface area (Å²) in [5.74, 6) is -2.08. The number of nitrogens with one attached hydrogen (secondary N) is 2. The molecule has 27 heavy (non-hydrogen) atoms. The van der Waals surface area contributed by atoms with Crippen LogP contribution in [0.2, 0.25) is 0 Å². The third-order valence-electron chi connectivity index (χ3n) is 4.54. The minimum Gasteiger partial charge on any atom is -0.495 e. The van der Waals surface area contributed by atoms with Gasteiger partial charge in [-0.05, 0) is 12.1 Å². The van der Waals surface area contributed by atoms with E-state index in [4.69, 9.17) is 4.74 Å². The van der Waals surface area contributed by atoms with Crippen LogP contribution in [0.15, 0.2) is 29.3 Å². The van der Waals surface area contributed by atoms with Gasteiger partial charge < -0.3 is 10.1 Å². The van der Waals surface area contributed by atoms with Crippen molar-refractivity contribution in [1.29, 1.82) is 0 Å². The lowest BCUT2D eigenvalue weighted by molar-refractivity contribution is -0.131. The molecule has 1 atom stereocenters. The zero-order valence-corrected chi connectivity index (χ0v) is 15.2. The Morgan fingerprint density at radius 2 is 1.96 bits per heavy atom. The summed E-state index contributed by atoms with van der Waals surface area (Å²) < 4.78 is 5.22. The number of benzene rings is 1. The number of barbiturate groups is 1. The van der Waals surface area contributed by atoms with Crippen LogP contribution < -0.4 is 20.3 Å². The molecule has 2 aliphatic heterocycles. The first kappa shape index (κ1) is 19.0. The van der Waals surface area contributed by atoms with Crippen molar-refractivity contribution in [3.8, 4) is 5.75 Å². The predicted molar refractivity (Wildman–Crippen MR) is 100 cm³/mol. The maximum absolute atomic E-state index is 12.8. The Morgan fingerprint density at radius 3 is 2.70 bits per heavy atom. The standard InChI is InChI=1S/C18H23N5O4/c1-27-15-5-3-2-4-14(15)23-17(25)13(16(24)21-18(23)26)12-20-8-11-22-9-6-19-7-10-22/h2-5,12-13,19H,6-11H2,1H3,(H,21,24,26)/t13-/m0/s1. The number of hydrogen-bond donors (Lipinski definition) is 2. The molecule has 2 saturated heterocycles. The molecular formula is C18H23N5O4. The van der Waals surface area contributed by atoms with Gasteiger partial charge in [0.05, 0.1) is 19.3 Å². The SMILES string of the molecule is COc1ccccc1N1C(=O)NC(=O)[C@H](C=NCCN2CCNCC2)C1=O. The van der Waals surface area contributed by atoms with Gasteiger partial charge in [0, 0.05) is 38.9 Å². The first-order valence-electron chi connectivity index (χ1n) is 8.86. The van der Waals surface area contributed by atoms with Gasteiger partial charge in [0.2, 0.25) is 5.91 Å². The van der Waals surface area contributed by atoms with Crippen LogP contribution in [0.1, 0.15) is 0 Å². The Balaban J connectivity index is 1.69. The molecule has 0 unspecified atom stereocenters. The number of ether oxygens (including phenoxy) is 1. The molecular weight excluding hydrogens is 350 g/mol. The molecule has 3 rings (SSSR count). The number of carbonyl (C=O) groups excluding carboxylic acids is 3. The highest BCUT2D eigenvalue weighted by Gasteiger charge is 2.41. The van der Waals surface area contributed by atoms with Gasteiger partial charge in [-0.25, -0.2) is 9.69 Å². The van der Waals surface area contributed by atoms with E-state index < -0.39 is 23.8 Å². The van der Waals surface area contributed by atoms with E-state index in [9.17, 15) is 14.4 Å². The maximum atomic E-state index is 12.8. The van der Waals surface area contributed by atoms with Gasteiger partial charge in [-0.2, -0.15) is 0 Å². The van der Waals surface area contributed by atoms with Gasteiger partial charge in [-0.15, -0.1) is 0 Å². The number of anilines is 1. The average molecular weight is 373 g/mol. The Kier molecular flexibility index (Phi) is 6.15. The van der Waals surface area contributed by atoms with Crippen molar-refractivity contribution < 1.29 is 19.1 Å². The van der Waals surface area contributed by atoms with Gasteiger partial charge in [0.25, 0.3) is 5.91 Å². The number of urea groups is 1. The number of carbonyl (C=O) groups is 3. The fourth-order valence-corrected chi connectivity index (χ4v) is 3.08. The molecule has 0 aliphatic carbocycles. The largest absolute Gasteiger partial charge is 0.495 e. The molecule has 2 aliphatic rings. The van der Waals surface area contributed by atoms with Crippen LogP contribution >= 0.6 is 0 Å². The first-order chi connectivity index (χ1) is 13.1. The number of para-hydroxylation sites is 2. The van der Waals surface area contributed by atoms with Crippen LogP contribution in [-0.4, -0.2) is 75.3 Å². The van der Waals surface area contributed by atoms with E-state index in [-0.39, 0.29) is 5.69 Å². The maximum Gasteiger partial charge on any atom is 0.335 e. The molecule has 1 aromatic carbocycles. The lowest BCUT2D eigenvalue weighted by Crippen LogP contribution is -2.58. The number of methoxy groups -OCH3 is 1. The van der Waals surface area contributed by atoms with Crippen LogP contribution in [-0.2, 0) is 9.59 Å². The molecule has 2 fully saturated rings. The zero-order chi connectivity index (χ0) is 19.2. The Hall–Kier alpha value is -2.78. The summed E-state index contributed by atoms with van der Waals surface area (Å²) >= 11 is 0. The van der Waals surface area contributed by atoms with Crippen molar-refractivity contribution in [1.82, 2.24) is 15.5 Å². The van der Waals surface area contributed by atoms with E-state index in [0.717, 1.165) is 37.6 Å². The van der Waals surface area contributed by atoms with Gasteiger partial charge >= 0.3 is 6.03 Å². The number of piperazine rings is 1. The van der Waals surface area contributed by atoms with Crippen molar-refractivity contribution in [3.05, 3.63) is 24.3 Å². The quantitative estimate of drug-likeness (QED) is 0.532. The van der Waals surface area contributed by atoms with Gasteiger partial charge in [-0.3, -0.25) is 24.8 Å². The van der Waals surface area contributed by atoms with Crippen LogP contribution in [0, 0.1) is 5.92 Å². The van der Waals surface area contributed by atoms with E-state index in [1.54, 1.807) is 24.3 Å². The third kappa shape index (κ3) is 4.32. The summed E-state index contributed by atoms with van der Waals surface area (Å²) in [6.45, 7) is 5.05. The van der Waals surface area contributed by atoms with Crippen molar-refractivity contribution in [3.63, 3.8) is 0 Å². The smallest absolute Gasteiger partial charge is 0.335 e. The minimum absolute atomic E-state index is 0.286. The third-order valence-corrected chi connectivity index (χ3v) is 4.54. The second kappa shape index (κ2) is 8.74. The normalized spacial score (nSPS) is 21.6. The highest BCUT2D eigenvalue weighted by molar-refractivity contribution is 6.32. The van der Waals surface area contributed by atoms with E-state index >= 15 is 0 Å². The molecule has 0 bridgehead atoms. The van der Waals surface area contributed by atoms with Crippen molar-refractivity contribution in [2.24, 2.45) is 10.9 Å². The first-order valence-corrected chi connectivity index (χ1v) is 8.86. The van der Waals surface area contributed by atoms with E-state index in [1.807, 2.05) is 0 Å².